The number of carbonyl (C=O) groups excluding carboxylic acids is 2. The third kappa shape index (κ3) is 6.45. The molecule has 4 aromatic rings. The van der Waals surface area contributed by atoms with Gasteiger partial charge >= 0.3 is 11.9 Å². The van der Waals surface area contributed by atoms with E-state index in [1.807, 2.05) is 0 Å². The monoisotopic (exact) mass is 760 g/mol. The Morgan fingerprint density at radius 2 is 1.15 bits per heavy atom. The maximum atomic E-state index is 15.7. The summed E-state index contributed by atoms with van der Waals surface area (Å²) in [6.07, 6.45) is 5.33. The summed E-state index contributed by atoms with van der Waals surface area (Å²) in [5.41, 5.74) is 10.5. The van der Waals surface area contributed by atoms with Crippen molar-refractivity contribution in [1.82, 2.24) is 19.1 Å². The van der Waals surface area contributed by atoms with Gasteiger partial charge in [0, 0.05) is 62.5 Å². The number of pyridine rings is 4. The van der Waals surface area contributed by atoms with E-state index in [4.69, 9.17) is 25.9 Å². The minimum absolute atomic E-state index is 0.0160. The van der Waals surface area contributed by atoms with Crippen molar-refractivity contribution in [2.24, 2.45) is 33.6 Å². The number of anilines is 2. The number of nitrogens with two attached hydrogens (primary N) is 2. The van der Waals surface area contributed by atoms with Crippen LogP contribution in [0.2, 0.25) is 0 Å². The molecule has 0 radical (unpaired) electrons. The summed E-state index contributed by atoms with van der Waals surface area (Å²) in [5, 5.41) is 7.66. The molecule has 2 atom stereocenters. The largest absolute Gasteiger partial charge is 0.399 e. The van der Waals surface area contributed by atoms with Crippen molar-refractivity contribution in [2.75, 3.05) is 63.3 Å². The summed E-state index contributed by atoms with van der Waals surface area (Å²) in [6.45, 7) is 1.60. The van der Waals surface area contributed by atoms with Gasteiger partial charge in [0.05, 0.1) is 35.3 Å². The van der Waals surface area contributed by atoms with E-state index in [1.165, 1.54) is 26.6 Å². The van der Waals surface area contributed by atoms with Gasteiger partial charge in [-0.3, -0.25) is 9.59 Å². The molecule has 2 aliphatic carbocycles. The van der Waals surface area contributed by atoms with Crippen LogP contribution in [0.15, 0.2) is 44.4 Å². The van der Waals surface area contributed by atoms with Crippen molar-refractivity contribution >= 4 is 57.1 Å². The van der Waals surface area contributed by atoms with Crippen molar-refractivity contribution in [2.45, 2.75) is 37.8 Å². The molecule has 0 bridgehead atoms. The first-order valence-electron chi connectivity index (χ1n) is 17.9. The van der Waals surface area contributed by atoms with Crippen LogP contribution in [0.1, 0.15) is 58.5 Å². The van der Waals surface area contributed by atoms with Crippen LogP contribution in [0.25, 0.3) is 22.1 Å². The van der Waals surface area contributed by atoms with Gasteiger partial charge in [-0.1, -0.05) is 10.3 Å². The summed E-state index contributed by atoms with van der Waals surface area (Å²) in [6, 6.07) is 1.74. The van der Waals surface area contributed by atoms with E-state index in [0.29, 0.717) is 50.2 Å². The molecule has 55 heavy (non-hydrogen) atoms. The van der Waals surface area contributed by atoms with E-state index in [9.17, 15) is 19.2 Å². The zero-order valence-corrected chi connectivity index (χ0v) is 30.0. The molecular formula is C36H38F2N10O7. The topological polar surface area (TPSA) is 215 Å². The summed E-state index contributed by atoms with van der Waals surface area (Å²) in [5.74, 6) is -4.70. The summed E-state index contributed by atoms with van der Waals surface area (Å²) in [7, 11) is 2.82. The number of halogens is 2. The Morgan fingerprint density at radius 3 is 1.49 bits per heavy atom. The zero-order chi connectivity index (χ0) is 38.7. The number of fused-ring (bicyclic) bond motifs is 2. The number of esters is 2. The van der Waals surface area contributed by atoms with Crippen LogP contribution in [0.3, 0.4) is 0 Å². The number of hydrogen-bond donors (Lipinski definition) is 2. The highest BCUT2D eigenvalue weighted by atomic mass is 19.1. The van der Waals surface area contributed by atoms with Crippen LogP contribution >= 0.6 is 0 Å². The first kappa shape index (κ1) is 36.2. The predicted molar refractivity (Wildman–Crippen MR) is 197 cm³/mol. The molecule has 4 aromatic heterocycles. The van der Waals surface area contributed by atoms with Gasteiger partial charge in [0.1, 0.15) is 36.6 Å². The molecule has 0 spiro atoms. The molecule has 4 N–H and O–H groups in total. The normalized spacial score (nSPS) is 21.3. The van der Waals surface area contributed by atoms with Gasteiger partial charge in [-0.05, 0) is 37.8 Å². The Hall–Kier alpha value is -5.82. The molecule has 2 unspecified atom stereocenters. The van der Waals surface area contributed by atoms with Gasteiger partial charge in [0.25, 0.3) is 0 Å². The second-order valence-corrected chi connectivity index (χ2v) is 14.2. The Balaban J connectivity index is 1.12. The molecule has 17 nitrogen and oxygen atoms in total. The number of ether oxygens (including phenoxy) is 1. The van der Waals surface area contributed by atoms with E-state index in [0.717, 1.165) is 12.1 Å². The number of hydrogen-bond acceptors (Lipinski definition) is 15. The van der Waals surface area contributed by atoms with E-state index in [-0.39, 0.29) is 83.8 Å². The fraction of sp³-hybridized carbons (Fsp3) is 0.444. The van der Waals surface area contributed by atoms with Gasteiger partial charge < -0.3 is 44.8 Å². The summed E-state index contributed by atoms with van der Waals surface area (Å²) >= 11 is 0. The molecule has 288 valence electrons. The van der Waals surface area contributed by atoms with Crippen molar-refractivity contribution in [1.29, 1.82) is 0 Å². The van der Waals surface area contributed by atoms with Gasteiger partial charge in [-0.2, -0.15) is 0 Å². The van der Waals surface area contributed by atoms with Crippen molar-refractivity contribution in [3.8, 4) is 0 Å². The molecule has 2 saturated carbocycles. The number of oxime groups is 2. The first-order valence-corrected chi connectivity index (χ1v) is 17.9. The highest BCUT2D eigenvalue weighted by Crippen LogP contribution is 2.39. The fourth-order valence-electron chi connectivity index (χ4n) is 7.37. The molecule has 0 aromatic carbocycles. The quantitative estimate of drug-likeness (QED) is 0.134. The molecule has 6 heterocycles. The number of aromatic nitrogens is 4. The van der Waals surface area contributed by atoms with Crippen LogP contribution < -0.4 is 32.1 Å². The van der Waals surface area contributed by atoms with Gasteiger partial charge in [0.15, 0.2) is 23.3 Å². The lowest BCUT2D eigenvalue weighted by atomic mass is 10.1. The van der Waals surface area contributed by atoms with Gasteiger partial charge in [-0.25, -0.2) is 28.3 Å². The summed E-state index contributed by atoms with van der Waals surface area (Å²) < 4.78 is 39.8. The second kappa shape index (κ2) is 14.1. The predicted octanol–water partition coefficient (Wildman–Crippen LogP) is 1.85. The van der Waals surface area contributed by atoms with Crippen molar-refractivity contribution in [3.05, 3.63) is 67.7 Å². The molecule has 19 heteroatoms. The molecular weight excluding hydrogens is 722 g/mol. The van der Waals surface area contributed by atoms with Crippen LogP contribution in [-0.4, -0.2) is 96.0 Å². The maximum Gasteiger partial charge on any atom is 0.351 e. The van der Waals surface area contributed by atoms with Crippen molar-refractivity contribution in [3.63, 3.8) is 0 Å². The van der Waals surface area contributed by atoms with Crippen LogP contribution in [0.5, 0.6) is 0 Å². The Labute approximate surface area is 311 Å². The Morgan fingerprint density at radius 1 is 0.745 bits per heavy atom. The minimum atomic E-state index is -1.34. The standard InChI is InChI=1S/C36H38F2N10O7/c1-53-43-27-15-45(11-17(27)9-39)33-25(37)7-21-29(49)23(13-47(19-3-4-19)31(21)41-33)35(51)55-36(52)24-14-48(20-5-6-20)32-22(30(24)50)8-26(38)34(42-32)46-12-18(10-40)28(16-46)44-54-2/h7-8,13-14,17-20H,3-6,9-12,15-16,39-40H2,1-2H3. The van der Waals surface area contributed by atoms with Crippen LogP contribution in [-0.2, 0) is 14.4 Å². The smallest absolute Gasteiger partial charge is 0.351 e. The van der Waals surface area contributed by atoms with Crippen LogP contribution in [0.4, 0.5) is 20.4 Å². The Kier molecular flexibility index (Phi) is 9.28. The van der Waals surface area contributed by atoms with Gasteiger partial charge in [-0.15, -0.1) is 0 Å². The third-order valence-corrected chi connectivity index (χ3v) is 10.5. The van der Waals surface area contributed by atoms with Gasteiger partial charge in [0.2, 0.25) is 10.9 Å². The summed E-state index contributed by atoms with van der Waals surface area (Å²) in [4.78, 5) is 76.8. The molecule has 2 aliphatic heterocycles. The SMILES string of the molecule is CON=C1CN(c2nc3c(cc2F)c(=O)c(C(=O)OC(=O)c2cn(C4CC4)c4nc(N5CC(=NOC)C(CN)C5)c(F)cc4c2=O)cn3C2CC2)CC1CN. The lowest BCUT2D eigenvalue weighted by molar-refractivity contribution is 0.0395. The number of rotatable bonds is 10. The third-order valence-electron chi connectivity index (χ3n) is 10.5. The molecule has 2 saturated heterocycles. The molecule has 4 fully saturated rings. The van der Waals surface area contributed by atoms with E-state index < -0.39 is 45.6 Å². The average Bonchev–Trinajstić information content (AvgIpc) is 4.11. The highest BCUT2D eigenvalue weighted by molar-refractivity contribution is 6.04. The number of carbonyl (C=O) groups is 2. The Bertz CT molecular complexity index is 2270. The zero-order valence-electron chi connectivity index (χ0n) is 30.0. The fourth-order valence-corrected chi connectivity index (χ4v) is 7.37. The van der Waals surface area contributed by atoms with E-state index >= 15 is 8.78 Å². The van der Waals surface area contributed by atoms with Crippen molar-refractivity contribution < 1.29 is 32.8 Å². The molecule has 8 rings (SSSR count). The molecule has 0 amide bonds. The van der Waals surface area contributed by atoms with Crippen LogP contribution in [0, 0.1) is 23.5 Å². The average molecular weight is 761 g/mol. The van der Waals surface area contributed by atoms with E-state index in [2.05, 4.69) is 20.3 Å². The first-order chi connectivity index (χ1) is 26.5. The lowest BCUT2D eigenvalue weighted by Gasteiger charge is -2.20. The maximum absolute atomic E-state index is 15.7. The number of nitrogens with zero attached hydrogens (tertiary/aromatic N) is 8. The van der Waals surface area contributed by atoms with E-state index in [1.54, 1.807) is 18.9 Å². The second-order valence-electron chi connectivity index (χ2n) is 14.2. The molecule has 4 aliphatic rings. The minimum Gasteiger partial charge on any atom is -0.399 e. The highest BCUT2D eigenvalue weighted by Gasteiger charge is 2.36. The lowest BCUT2D eigenvalue weighted by Crippen LogP contribution is -2.28.